The number of hydrogen-bond acceptors (Lipinski definition) is 4. The molecule has 0 aliphatic rings. The lowest BCUT2D eigenvalue weighted by Gasteiger charge is -2.10. The average molecular weight is 392 g/mol. The van der Waals surface area contributed by atoms with Crippen molar-refractivity contribution < 1.29 is 4.74 Å². The number of aromatic nitrogens is 3. The highest BCUT2D eigenvalue weighted by molar-refractivity contribution is 9.10. The molecule has 5 nitrogen and oxygen atoms in total. The summed E-state index contributed by atoms with van der Waals surface area (Å²) in [7, 11) is 0. The Labute approximate surface area is 146 Å². The number of nitrogens with zero attached hydrogens (tertiary/aromatic N) is 3. The highest BCUT2D eigenvalue weighted by Crippen LogP contribution is 2.24. The zero-order chi connectivity index (χ0) is 16.1. The van der Waals surface area contributed by atoms with E-state index in [4.69, 9.17) is 16.3 Å². The molecule has 7 heteroatoms. The molecule has 0 bridgehead atoms. The van der Waals surface area contributed by atoms with E-state index in [2.05, 4.69) is 36.1 Å². The molecule has 0 fully saturated rings. The first-order chi connectivity index (χ1) is 11.2. The van der Waals surface area contributed by atoms with Gasteiger partial charge >= 0.3 is 0 Å². The molecule has 0 aliphatic carbocycles. The third-order valence-electron chi connectivity index (χ3n) is 3.04. The van der Waals surface area contributed by atoms with Crippen molar-refractivity contribution in [3.05, 3.63) is 69.4 Å². The van der Waals surface area contributed by atoms with Crippen molar-refractivity contribution in [2.24, 2.45) is 4.99 Å². The van der Waals surface area contributed by atoms with Crippen LogP contribution in [0.5, 0.6) is 5.75 Å². The van der Waals surface area contributed by atoms with Gasteiger partial charge in [-0.15, -0.1) is 0 Å². The Hall–Kier alpha value is -2.18. The summed E-state index contributed by atoms with van der Waals surface area (Å²) in [5.41, 5.74) is 1.75. The summed E-state index contributed by atoms with van der Waals surface area (Å²) in [6.07, 6.45) is 3.08. The topological polar surface area (TPSA) is 63.2 Å². The number of nitrogens with one attached hydrogen (secondary N) is 1. The van der Waals surface area contributed by atoms with Crippen LogP contribution in [0.15, 0.2) is 58.3 Å². The van der Waals surface area contributed by atoms with E-state index in [1.54, 1.807) is 6.21 Å². The Balaban J connectivity index is 1.80. The fraction of sp³-hybridized carbons (Fsp3) is 0.0625. The molecule has 0 saturated heterocycles. The van der Waals surface area contributed by atoms with Crippen molar-refractivity contribution in [1.29, 1.82) is 0 Å². The van der Waals surface area contributed by atoms with E-state index in [-0.39, 0.29) is 0 Å². The van der Waals surface area contributed by atoms with Crippen molar-refractivity contribution in [3.63, 3.8) is 0 Å². The summed E-state index contributed by atoms with van der Waals surface area (Å²) >= 11 is 9.60. The van der Waals surface area contributed by atoms with Crippen molar-refractivity contribution >= 4 is 39.7 Å². The summed E-state index contributed by atoms with van der Waals surface area (Å²) in [6.45, 7) is 0.379. The third kappa shape index (κ3) is 4.18. The largest absolute Gasteiger partial charge is 0.488 e. The molecule has 23 heavy (non-hydrogen) atoms. The molecule has 2 aromatic carbocycles. The van der Waals surface area contributed by atoms with E-state index in [0.717, 1.165) is 15.6 Å². The van der Waals surface area contributed by atoms with Gasteiger partial charge in [0.05, 0.1) is 0 Å². The molecule has 0 unspecified atom stereocenters. The zero-order valence-corrected chi connectivity index (χ0v) is 14.3. The normalized spacial score (nSPS) is 11.0. The van der Waals surface area contributed by atoms with E-state index in [0.29, 0.717) is 23.3 Å². The van der Waals surface area contributed by atoms with Crippen LogP contribution in [-0.4, -0.2) is 21.4 Å². The number of rotatable bonds is 5. The lowest BCUT2D eigenvalue weighted by molar-refractivity contribution is 0.306. The van der Waals surface area contributed by atoms with Crippen molar-refractivity contribution in [2.45, 2.75) is 6.61 Å². The first-order valence-corrected chi connectivity index (χ1v) is 7.94. The lowest BCUT2D eigenvalue weighted by atomic mass is 10.2. The van der Waals surface area contributed by atoms with Gasteiger partial charge in [0.2, 0.25) is 5.95 Å². The van der Waals surface area contributed by atoms with Gasteiger partial charge in [-0.3, -0.25) is 0 Å². The number of aliphatic imine (C=N–C) groups is 1. The van der Waals surface area contributed by atoms with Gasteiger partial charge in [0.25, 0.3) is 0 Å². The molecular weight excluding hydrogens is 380 g/mol. The maximum Gasteiger partial charge on any atom is 0.245 e. The molecule has 1 aromatic heterocycles. The van der Waals surface area contributed by atoms with Crippen molar-refractivity contribution in [2.75, 3.05) is 0 Å². The van der Waals surface area contributed by atoms with Gasteiger partial charge in [0.1, 0.15) is 18.7 Å². The second-order valence-corrected chi connectivity index (χ2v) is 5.95. The Morgan fingerprint density at radius 1 is 1.26 bits per heavy atom. The fourth-order valence-electron chi connectivity index (χ4n) is 1.91. The van der Waals surface area contributed by atoms with Gasteiger partial charge in [0.15, 0.2) is 0 Å². The Bertz CT molecular complexity index is 821. The molecule has 0 radical (unpaired) electrons. The highest BCUT2D eigenvalue weighted by Gasteiger charge is 2.05. The van der Waals surface area contributed by atoms with Crippen molar-refractivity contribution in [3.8, 4) is 5.75 Å². The maximum absolute atomic E-state index is 6.15. The van der Waals surface area contributed by atoms with Crippen LogP contribution in [0, 0.1) is 0 Å². The lowest BCUT2D eigenvalue weighted by Crippen LogP contribution is -1.99. The summed E-state index contributed by atoms with van der Waals surface area (Å²) in [4.78, 5) is 8.18. The Kier molecular flexibility index (Phi) is 5.05. The SMILES string of the molecule is Clc1ccccc1COc1ccc(Br)cc1/C=N/c1ncn[nH]1. The molecule has 0 amide bonds. The van der Waals surface area contributed by atoms with E-state index in [1.807, 2.05) is 42.5 Å². The van der Waals surface area contributed by atoms with Crippen molar-refractivity contribution in [1.82, 2.24) is 15.2 Å². The summed E-state index contributed by atoms with van der Waals surface area (Å²) in [5, 5.41) is 7.11. The van der Waals surface area contributed by atoms with Crippen LogP contribution in [0.25, 0.3) is 0 Å². The first kappa shape index (κ1) is 15.7. The maximum atomic E-state index is 6.15. The van der Waals surface area contributed by atoms with Crippen LogP contribution in [0.1, 0.15) is 11.1 Å². The van der Waals surface area contributed by atoms with Gasteiger partial charge in [-0.25, -0.2) is 10.1 Å². The molecule has 116 valence electrons. The molecule has 0 atom stereocenters. The van der Waals surface area contributed by atoms with Crippen LogP contribution >= 0.6 is 27.5 Å². The minimum absolute atomic E-state index is 0.379. The highest BCUT2D eigenvalue weighted by atomic mass is 79.9. The molecule has 0 saturated carbocycles. The molecule has 3 rings (SSSR count). The number of benzene rings is 2. The number of halogens is 2. The second kappa shape index (κ2) is 7.39. The summed E-state index contributed by atoms with van der Waals surface area (Å²) in [6, 6.07) is 13.3. The smallest absolute Gasteiger partial charge is 0.245 e. The molecule has 0 aliphatic heterocycles. The quantitative estimate of drug-likeness (QED) is 0.649. The fourth-order valence-corrected chi connectivity index (χ4v) is 2.48. The van der Waals surface area contributed by atoms with Crippen LogP contribution in [-0.2, 0) is 6.61 Å². The summed E-state index contributed by atoms with van der Waals surface area (Å²) < 4.78 is 6.82. The van der Waals surface area contributed by atoms with Crippen LogP contribution in [0.2, 0.25) is 5.02 Å². The third-order valence-corrected chi connectivity index (χ3v) is 3.90. The number of hydrogen-bond donors (Lipinski definition) is 1. The van der Waals surface area contributed by atoms with E-state index < -0.39 is 0 Å². The van der Waals surface area contributed by atoms with Crippen LogP contribution in [0.3, 0.4) is 0 Å². The number of ether oxygens (including phenoxy) is 1. The molecule has 0 spiro atoms. The molecule has 1 heterocycles. The predicted octanol–water partition coefficient (Wildman–Crippen LogP) is 4.55. The van der Waals surface area contributed by atoms with Gasteiger partial charge in [-0.05, 0) is 24.3 Å². The average Bonchev–Trinajstić information content (AvgIpc) is 3.07. The number of aromatic amines is 1. The van der Waals surface area contributed by atoms with Gasteiger partial charge in [-0.1, -0.05) is 45.7 Å². The number of H-pyrrole nitrogens is 1. The Morgan fingerprint density at radius 3 is 2.91 bits per heavy atom. The summed E-state index contributed by atoms with van der Waals surface area (Å²) in [5.74, 6) is 1.14. The monoisotopic (exact) mass is 390 g/mol. The van der Waals surface area contributed by atoms with Gasteiger partial charge in [0, 0.05) is 26.8 Å². The second-order valence-electron chi connectivity index (χ2n) is 4.63. The van der Waals surface area contributed by atoms with E-state index >= 15 is 0 Å². The standard InChI is InChI=1S/C16H12BrClN4O/c17-13-5-6-15(23-9-11-3-1-2-4-14(11)18)12(7-13)8-19-16-20-10-21-22-16/h1-8,10H,9H2,(H,20,21,22)/b19-8+. The molecular formula is C16H12BrClN4O. The van der Waals surface area contributed by atoms with E-state index in [1.165, 1.54) is 6.33 Å². The Morgan fingerprint density at radius 2 is 2.13 bits per heavy atom. The van der Waals surface area contributed by atoms with Crippen LogP contribution < -0.4 is 4.74 Å². The van der Waals surface area contributed by atoms with Gasteiger partial charge < -0.3 is 4.74 Å². The van der Waals surface area contributed by atoms with Crippen LogP contribution in [0.4, 0.5) is 5.95 Å². The first-order valence-electron chi connectivity index (χ1n) is 6.77. The molecule has 1 N–H and O–H groups in total. The minimum atomic E-state index is 0.379. The predicted molar refractivity (Wildman–Crippen MR) is 93.6 cm³/mol. The van der Waals surface area contributed by atoms with E-state index in [9.17, 15) is 0 Å². The zero-order valence-electron chi connectivity index (χ0n) is 11.9. The minimum Gasteiger partial charge on any atom is -0.488 e. The molecule has 3 aromatic rings. The van der Waals surface area contributed by atoms with Gasteiger partial charge in [-0.2, -0.15) is 10.1 Å².